The molecule has 1 aliphatic rings. The van der Waals surface area contributed by atoms with Gasteiger partial charge in [-0.2, -0.15) is 0 Å². The molecule has 3 heterocycles. The molecule has 0 fully saturated rings. The molecule has 2 aromatic heterocycles. The molecular weight excluding hydrogens is 372 g/mol. The Hall–Kier alpha value is -3.21. The highest BCUT2D eigenvalue weighted by Gasteiger charge is 2.25. The molecule has 0 aromatic carbocycles. The van der Waals surface area contributed by atoms with E-state index in [0.717, 1.165) is 0 Å². The van der Waals surface area contributed by atoms with Crippen molar-refractivity contribution < 1.29 is 18.8 Å². The van der Waals surface area contributed by atoms with Gasteiger partial charge in [0, 0.05) is 24.9 Å². The van der Waals surface area contributed by atoms with Crippen molar-refractivity contribution in [3.63, 3.8) is 0 Å². The molecule has 10 nitrogen and oxygen atoms in total. The van der Waals surface area contributed by atoms with Crippen LogP contribution < -0.4 is 10.6 Å². The number of allylic oxidation sites excluding steroid dienone is 1. The quantitative estimate of drug-likeness (QED) is 0.669. The zero-order valence-electron chi connectivity index (χ0n) is 14.3. The predicted molar refractivity (Wildman–Crippen MR) is 96.1 cm³/mol. The molecule has 3 rings (SSSR count). The highest BCUT2D eigenvalue weighted by Crippen LogP contribution is 2.18. The van der Waals surface area contributed by atoms with Crippen molar-refractivity contribution in [1.29, 1.82) is 0 Å². The first-order valence-corrected chi connectivity index (χ1v) is 8.95. The number of nitrogens with zero attached hydrogens (tertiary/aromatic N) is 4. The Morgan fingerprint density at radius 2 is 2.19 bits per heavy atom. The zero-order valence-corrected chi connectivity index (χ0v) is 15.2. The zero-order chi connectivity index (χ0) is 19.2. The maximum absolute atomic E-state index is 12.1. The third kappa shape index (κ3) is 5.14. The number of anilines is 1. The second-order valence-corrected chi connectivity index (χ2v) is 6.46. The summed E-state index contributed by atoms with van der Waals surface area (Å²) in [5.74, 6) is -1.34. The summed E-state index contributed by atoms with van der Waals surface area (Å²) in [6.07, 6.45) is 5.01. The van der Waals surface area contributed by atoms with E-state index in [1.165, 1.54) is 23.6 Å². The molecular formula is C16H16N6O4S. The average molecular weight is 388 g/mol. The third-order valence-electron chi connectivity index (χ3n) is 3.53. The van der Waals surface area contributed by atoms with Crippen molar-refractivity contribution in [1.82, 2.24) is 20.5 Å². The van der Waals surface area contributed by atoms with Gasteiger partial charge in [-0.3, -0.25) is 14.4 Å². The molecule has 0 aliphatic carbocycles. The Morgan fingerprint density at radius 3 is 2.93 bits per heavy atom. The van der Waals surface area contributed by atoms with Crippen LogP contribution >= 0.6 is 11.3 Å². The van der Waals surface area contributed by atoms with Gasteiger partial charge in [0.2, 0.25) is 23.6 Å². The van der Waals surface area contributed by atoms with Crippen LogP contribution in [0.2, 0.25) is 0 Å². The fourth-order valence-corrected chi connectivity index (χ4v) is 2.96. The number of aryl methyl sites for hydroxylation is 2. The second-order valence-electron chi connectivity index (χ2n) is 5.60. The molecule has 0 radical (unpaired) electrons. The van der Waals surface area contributed by atoms with Gasteiger partial charge in [-0.1, -0.05) is 6.08 Å². The molecule has 2 N–H and O–H groups in total. The largest absolute Gasteiger partial charge is 0.424 e. The number of aliphatic imine (C=N–C) groups is 1. The number of amides is 3. The number of aromatic nitrogens is 3. The minimum Gasteiger partial charge on any atom is -0.424 e. The molecule has 0 saturated heterocycles. The Balaban J connectivity index is 1.44. The lowest BCUT2D eigenvalue weighted by Crippen LogP contribution is -2.28. The molecule has 0 spiro atoms. The van der Waals surface area contributed by atoms with Gasteiger partial charge >= 0.3 is 0 Å². The molecule has 3 amide bonds. The van der Waals surface area contributed by atoms with E-state index in [9.17, 15) is 14.4 Å². The summed E-state index contributed by atoms with van der Waals surface area (Å²) in [6, 6.07) is 0. The van der Waals surface area contributed by atoms with Crippen LogP contribution in [0.25, 0.3) is 0 Å². The lowest BCUT2D eigenvalue weighted by Gasteiger charge is -2.09. The van der Waals surface area contributed by atoms with Gasteiger partial charge in [0.1, 0.15) is 5.92 Å². The second kappa shape index (κ2) is 8.45. The summed E-state index contributed by atoms with van der Waals surface area (Å²) >= 11 is 1.23. The number of dihydropyridines is 1. The molecule has 140 valence electrons. The van der Waals surface area contributed by atoms with Crippen molar-refractivity contribution in [2.45, 2.75) is 26.3 Å². The van der Waals surface area contributed by atoms with Crippen LogP contribution in [0.5, 0.6) is 0 Å². The van der Waals surface area contributed by atoms with Crippen LogP contribution in [-0.4, -0.2) is 39.1 Å². The van der Waals surface area contributed by atoms with Crippen molar-refractivity contribution in [2.75, 3.05) is 5.32 Å². The topological polar surface area (TPSA) is 139 Å². The summed E-state index contributed by atoms with van der Waals surface area (Å²) in [5.41, 5.74) is 0.669. The van der Waals surface area contributed by atoms with Gasteiger partial charge in [0.25, 0.3) is 5.91 Å². The number of carbonyl (C=O) groups is 3. The highest BCUT2D eigenvalue weighted by molar-refractivity contribution is 7.13. The maximum Gasteiger partial charge on any atom is 0.262 e. The Morgan fingerprint density at radius 1 is 1.33 bits per heavy atom. The summed E-state index contributed by atoms with van der Waals surface area (Å²) in [6.45, 7) is 1.84. The van der Waals surface area contributed by atoms with E-state index in [1.807, 2.05) is 0 Å². The van der Waals surface area contributed by atoms with Crippen LogP contribution in [0.15, 0.2) is 26.9 Å². The molecule has 2 aromatic rings. The monoisotopic (exact) mass is 388 g/mol. The van der Waals surface area contributed by atoms with Gasteiger partial charge in [-0.05, 0) is 12.5 Å². The first-order valence-electron chi connectivity index (χ1n) is 8.07. The Bertz CT molecular complexity index is 916. The lowest BCUT2D eigenvalue weighted by molar-refractivity contribution is -0.128. The highest BCUT2D eigenvalue weighted by atomic mass is 32.1. The number of thiazole rings is 1. The number of rotatable bonds is 7. The Kier molecular flexibility index (Phi) is 5.81. The summed E-state index contributed by atoms with van der Waals surface area (Å²) in [4.78, 5) is 43.4. The number of hydrogen-bond acceptors (Lipinski definition) is 8. The van der Waals surface area contributed by atoms with E-state index in [1.54, 1.807) is 18.4 Å². The fraction of sp³-hybridized carbons (Fsp3) is 0.312. The summed E-state index contributed by atoms with van der Waals surface area (Å²) < 4.78 is 5.17. The van der Waals surface area contributed by atoms with Gasteiger partial charge in [0.05, 0.1) is 12.2 Å². The van der Waals surface area contributed by atoms with E-state index in [4.69, 9.17) is 4.42 Å². The lowest BCUT2D eigenvalue weighted by atomic mass is 10.1. The molecule has 1 atom stereocenters. The molecule has 0 saturated carbocycles. The van der Waals surface area contributed by atoms with Gasteiger partial charge in [0.15, 0.2) is 5.13 Å². The SMILES string of the molecule is Cc1nnc(CNC(=O)CCc2csc(NC(=O)C3C=CC=NC3=O)n2)o1. The van der Waals surface area contributed by atoms with Gasteiger partial charge in [-0.15, -0.1) is 21.5 Å². The molecule has 0 bridgehead atoms. The third-order valence-corrected chi connectivity index (χ3v) is 4.34. The van der Waals surface area contributed by atoms with Crippen LogP contribution in [0.1, 0.15) is 23.9 Å². The Labute approximate surface area is 157 Å². The number of hydrogen-bond donors (Lipinski definition) is 2. The molecule has 1 aliphatic heterocycles. The van der Waals surface area contributed by atoms with E-state index in [2.05, 4.69) is 30.8 Å². The van der Waals surface area contributed by atoms with Crippen molar-refractivity contribution in [3.8, 4) is 0 Å². The van der Waals surface area contributed by atoms with Crippen LogP contribution in [0.3, 0.4) is 0 Å². The normalized spacial score (nSPS) is 15.7. The van der Waals surface area contributed by atoms with Gasteiger partial charge < -0.3 is 15.1 Å². The molecule has 1 unspecified atom stereocenters. The van der Waals surface area contributed by atoms with E-state index < -0.39 is 17.7 Å². The summed E-state index contributed by atoms with van der Waals surface area (Å²) in [7, 11) is 0. The first-order chi connectivity index (χ1) is 13.0. The number of carbonyl (C=O) groups excluding carboxylic acids is 3. The minimum atomic E-state index is -0.943. The summed E-state index contributed by atoms with van der Waals surface area (Å²) in [5, 5.41) is 14.9. The number of nitrogens with one attached hydrogen (secondary N) is 2. The first kappa shape index (κ1) is 18.6. The van der Waals surface area contributed by atoms with E-state index in [-0.39, 0.29) is 18.9 Å². The minimum absolute atomic E-state index is 0.170. The fourth-order valence-electron chi connectivity index (χ4n) is 2.21. The van der Waals surface area contributed by atoms with Crippen LogP contribution in [0, 0.1) is 12.8 Å². The molecule has 27 heavy (non-hydrogen) atoms. The van der Waals surface area contributed by atoms with Crippen molar-refractivity contribution in [3.05, 3.63) is 35.0 Å². The maximum atomic E-state index is 12.1. The van der Waals surface area contributed by atoms with Crippen LogP contribution in [0.4, 0.5) is 5.13 Å². The standard InChI is InChI=1S/C16H16N6O4S/c1-9-21-22-13(26-9)7-18-12(23)5-4-10-8-27-16(19-10)20-15(25)11-3-2-6-17-14(11)24/h2-3,6,8,11H,4-5,7H2,1H3,(H,18,23)(H,19,20,25). The van der Waals surface area contributed by atoms with Crippen molar-refractivity contribution in [2.24, 2.45) is 10.9 Å². The van der Waals surface area contributed by atoms with Crippen LogP contribution in [-0.2, 0) is 27.3 Å². The van der Waals surface area contributed by atoms with E-state index in [0.29, 0.717) is 29.0 Å². The average Bonchev–Trinajstić information content (AvgIpc) is 3.27. The molecule has 11 heteroatoms. The van der Waals surface area contributed by atoms with E-state index >= 15 is 0 Å². The van der Waals surface area contributed by atoms with Gasteiger partial charge in [-0.25, -0.2) is 9.98 Å². The smallest absolute Gasteiger partial charge is 0.262 e. The van der Waals surface area contributed by atoms with Crippen molar-refractivity contribution >= 4 is 40.4 Å². The predicted octanol–water partition coefficient (Wildman–Crippen LogP) is 0.805.